The molecule has 1 nitrogen and oxygen atoms in total. The molecule has 2 aromatic carbocycles. The molecule has 0 saturated heterocycles. The maximum Gasteiger partial charge on any atom is 0.0780 e. The topological polar surface area (TPSA) is 12.0 Å². The molecule has 16 heavy (non-hydrogen) atoms. The molecule has 0 spiro atoms. The van der Waals surface area contributed by atoms with Crippen LogP contribution >= 0.6 is 0 Å². The van der Waals surface area contributed by atoms with E-state index in [0.717, 1.165) is 0 Å². The third-order valence-electron chi connectivity index (χ3n) is 3.47. The Balaban J connectivity index is 1.96. The van der Waals surface area contributed by atoms with Crippen LogP contribution in [0.3, 0.4) is 0 Å². The molecule has 0 aromatic heterocycles. The fourth-order valence-corrected chi connectivity index (χ4v) is 2.73. The predicted molar refractivity (Wildman–Crippen MR) is 67.1 cm³/mol. The molecule has 4 rings (SSSR count). The van der Waals surface area contributed by atoms with Gasteiger partial charge in [0.2, 0.25) is 0 Å². The van der Waals surface area contributed by atoms with Gasteiger partial charge in [-0.05, 0) is 28.8 Å². The molecule has 76 valence electrons. The molecule has 0 radical (unpaired) electrons. The van der Waals surface area contributed by atoms with E-state index in [2.05, 4.69) is 59.9 Å². The van der Waals surface area contributed by atoms with Gasteiger partial charge in [-0.15, -0.1) is 0 Å². The zero-order valence-corrected chi connectivity index (χ0v) is 8.77. The molecule has 0 saturated carbocycles. The van der Waals surface area contributed by atoms with Gasteiger partial charge in [-0.25, -0.2) is 0 Å². The van der Waals surface area contributed by atoms with Crippen molar-refractivity contribution in [1.29, 1.82) is 0 Å². The van der Waals surface area contributed by atoms with Gasteiger partial charge >= 0.3 is 0 Å². The minimum absolute atomic E-state index is 0.369. The summed E-state index contributed by atoms with van der Waals surface area (Å²) >= 11 is 0. The van der Waals surface area contributed by atoms with Gasteiger partial charge in [-0.3, -0.25) is 0 Å². The molecule has 2 aliphatic rings. The Bertz CT molecular complexity index is 610. The summed E-state index contributed by atoms with van der Waals surface area (Å²) in [4.78, 5) is 0. The van der Waals surface area contributed by atoms with Gasteiger partial charge in [0.25, 0.3) is 0 Å². The minimum Gasteiger partial charge on any atom is -0.374 e. The number of hydrogen-bond acceptors (Lipinski definition) is 1. The first-order valence-electron chi connectivity index (χ1n) is 5.60. The minimum atomic E-state index is 0.369. The Kier molecular flexibility index (Phi) is 1.41. The predicted octanol–water partition coefficient (Wildman–Crippen LogP) is 3.71. The van der Waals surface area contributed by atoms with Gasteiger partial charge in [-0.2, -0.15) is 0 Å². The first-order valence-corrected chi connectivity index (χ1v) is 5.60. The van der Waals surface area contributed by atoms with Crippen LogP contribution in [-0.2, 0) is 0 Å². The van der Waals surface area contributed by atoms with Crippen molar-refractivity contribution >= 4 is 17.3 Å². The highest BCUT2D eigenvalue weighted by atomic mass is 15.0. The van der Waals surface area contributed by atoms with Gasteiger partial charge in [0, 0.05) is 11.3 Å². The van der Waals surface area contributed by atoms with Crippen molar-refractivity contribution in [3.05, 3.63) is 65.2 Å². The van der Waals surface area contributed by atoms with E-state index in [1.54, 1.807) is 0 Å². The first-order chi connectivity index (χ1) is 7.93. The quantitative estimate of drug-likeness (QED) is 0.691. The monoisotopic (exact) mass is 205 g/mol. The molecule has 1 heteroatoms. The van der Waals surface area contributed by atoms with Gasteiger partial charge in [0.05, 0.1) is 6.04 Å². The Morgan fingerprint density at radius 1 is 0.875 bits per heavy atom. The number of rotatable bonds is 0. The molecule has 1 unspecified atom stereocenters. The second-order valence-electron chi connectivity index (χ2n) is 4.35. The fraction of sp³-hybridized carbons (Fsp3) is 0.0667. The zero-order chi connectivity index (χ0) is 10.5. The van der Waals surface area contributed by atoms with E-state index in [1.807, 2.05) is 0 Å². The third kappa shape index (κ3) is 0.904. The Labute approximate surface area is 94.4 Å². The highest BCUT2D eigenvalue weighted by Crippen LogP contribution is 2.49. The number of fused-ring (bicyclic) bond motifs is 5. The highest BCUT2D eigenvalue weighted by Gasteiger charge is 2.32. The summed E-state index contributed by atoms with van der Waals surface area (Å²) in [6, 6.07) is 17.5. The average Bonchev–Trinajstić information content (AvgIpc) is 2.85. The Morgan fingerprint density at radius 2 is 1.69 bits per heavy atom. The van der Waals surface area contributed by atoms with Crippen LogP contribution in [0.25, 0.3) is 11.6 Å². The van der Waals surface area contributed by atoms with E-state index in [-0.39, 0.29) is 0 Å². The van der Waals surface area contributed by atoms with Crippen LogP contribution < -0.4 is 5.32 Å². The number of benzene rings is 2. The summed E-state index contributed by atoms with van der Waals surface area (Å²) in [6.45, 7) is 0. The van der Waals surface area contributed by atoms with Crippen LogP contribution in [0.15, 0.2) is 48.5 Å². The lowest BCUT2D eigenvalue weighted by molar-refractivity contribution is 1.06. The largest absolute Gasteiger partial charge is 0.374 e. The van der Waals surface area contributed by atoms with Crippen molar-refractivity contribution in [2.45, 2.75) is 6.04 Å². The molecular formula is C15H11N. The molecule has 0 fully saturated rings. The molecule has 1 aliphatic heterocycles. The number of nitrogens with one attached hydrogen (secondary N) is 1. The summed E-state index contributed by atoms with van der Waals surface area (Å²) in [6.07, 6.45) is 2.30. The van der Waals surface area contributed by atoms with E-state index in [1.165, 1.54) is 28.0 Å². The third-order valence-corrected chi connectivity index (χ3v) is 3.47. The molecular weight excluding hydrogens is 194 g/mol. The van der Waals surface area contributed by atoms with Gasteiger partial charge < -0.3 is 5.32 Å². The number of anilines is 1. The molecule has 1 heterocycles. The smallest absolute Gasteiger partial charge is 0.0780 e. The summed E-state index contributed by atoms with van der Waals surface area (Å²) < 4.78 is 0. The van der Waals surface area contributed by atoms with Gasteiger partial charge in [0.15, 0.2) is 0 Å². The maximum atomic E-state index is 3.58. The van der Waals surface area contributed by atoms with E-state index in [9.17, 15) is 0 Å². The second kappa shape index (κ2) is 2.76. The van der Waals surface area contributed by atoms with Gasteiger partial charge in [0.1, 0.15) is 0 Å². The maximum absolute atomic E-state index is 3.58. The van der Waals surface area contributed by atoms with Crippen LogP contribution in [0.4, 0.5) is 5.69 Å². The number of hydrogen-bond donors (Lipinski definition) is 1. The second-order valence-corrected chi connectivity index (χ2v) is 4.35. The summed E-state index contributed by atoms with van der Waals surface area (Å²) in [7, 11) is 0. The Hall–Kier alpha value is -2.02. The summed E-state index contributed by atoms with van der Waals surface area (Å²) in [5.74, 6) is 0. The van der Waals surface area contributed by atoms with E-state index >= 15 is 0 Å². The van der Waals surface area contributed by atoms with Crippen LogP contribution in [0.5, 0.6) is 0 Å². The summed E-state index contributed by atoms with van der Waals surface area (Å²) in [5.41, 5.74) is 6.77. The molecule has 0 amide bonds. The van der Waals surface area contributed by atoms with Crippen LogP contribution in [0.1, 0.15) is 22.7 Å². The van der Waals surface area contributed by atoms with Crippen LogP contribution in [-0.4, -0.2) is 0 Å². The van der Waals surface area contributed by atoms with Crippen molar-refractivity contribution in [3.63, 3.8) is 0 Å². The Morgan fingerprint density at radius 3 is 2.69 bits per heavy atom. The van der Waals surface area contributed by atoms with Crippen LogP contribution in [0, 0.1) is 0 Å². The van der Waals surface area contributed by atoms with Gasteiger partial charge in [-0.1, -0.05) is 42.5 Å². The SMILES string of the molecule is C1=C2c3ccccc3NC2c2ccccc21. The summed E-state index contributed by atoms with van der Waals surface area (Å²) in [5, 5.41) is 3.58. The number of para-hydroxylation sites is 1. The van der Waals surface area contributed by atoms with E-state index in [4.69, 9.17) is 0 Å². The van der Waals surface area contributed by atoms with Crippen molar-refractivity contribution in [2.75, 3.05) is 5.32 Å². The van der Waals surface area contributed by atoms with Crippen molar-refractivity contribution in [3.8, 4) is 0 Å². The standard InChI is InChI=1S/C15H11N/c1-2-6-11-10(5-1)9-13-12-7-3-4-8-14(12)16-15(11)13/h1-9,15-16H. The highest BCUT2D eigenvalue weighted by molar-refractivity contribution is 6.00. The van der Waals surface area contributed by atoms with Crippen LogP contribution in [0.2, 0.25) is 0 Å². The normalized spacial score (nSPS) is 19.5. The van der Waals surface area contributed by atoms with E-state index < -0.39 is 0 Å². The lowest BCUT2D eigenvalue weighted by Crippen LogP contribution is -2.02. The molecule has 1 aliphatic carbocycles. The van der Waals surface area contributed by atoms with Crippen molar-refractivity contribution < 1.29 is 0 Å². The zero-order valence-electron chi connectivity index (χ0n) is 8.77. The molecule has 0 bridgehead atoms. The first kappa shape index (κ1) is 8.17. The molecule has 2 aromatic rings. The average molecular weight is 205 g/mol. The molecule has 1 atom stereocenters. The van der Waals surface area contributed by atoms with Crippen molar-refractivity contribution in [2.24, 2.45) is 0 Å². The van der Waals surface area contributed by atoms with E-state index in [0.29, 0.717) is 6.04 Å². The lowest BCUT2D eigenvalue weighted by atomic mass is 10.0. The fourth-order valence-electron chi connectivity index (χ4n) is 2.73. The lowest BCUT2D eigenvalue weighted by Gasteiger charge is -2.09. The van der Waals surface area contributed by atoms with Crippen molar-refractivity contribution in [1.82, 2.24) is 0 Å². The molecule has 1 N–H and O–H groups in total.